The van der Waals surface area contributed by atoms with Gasteiger partial charge in [-0.3, -0.25) is 0 Å². The van der Waals surface area contributed by atoms with Gasteiger partial charge in [0.15, 0.2) is 0 Å². The predicted octanol–water partition coefficient (Wildman–Crippen LogP) is 3.48. The van der Waals surface area contributed by atoms with Crippen molar-refractivity contribution in [1.82, 2.24) is 5.32 Å². The van der Waals surface area contributed by atoms with E-state index in [-0.39, 0.29) is 0 Å². The third kappa shape index (κ3) is 3.51. The minimum absolute atomic E-state index is 0.823. The molecule has 0 aromatic heterocycles. The zero-order valence-electron chi connectivity index (χ0n) is 9.17. The van der Waals surface area contributed by atoms with E-state index >= 15 is 0 Å². The maximum atomic E-state index is 5.92. The first kappa shape index (κ1) is 11.0. The molecule has 0 aliphatic heterocycles. The molecule has 0 saturated heterocycles. The van der Waals surface area contributed by atoms with Crippen LogP contribution in [0.15, 0.2) is 24.3 Å². The highest BCUT2D eigenvalue weighted by atomic mass is 35.5. The Morgan fingerprint density at radius 3 is 2.93 bits per heavy atom. The number of hydrogen-bond acceptors (Lipinski definition) is 1. The van der Waals surface area contributed by atoms with Crippen molar-refractivity contribution in [3.63, 3.8) is 0 Å². The van der Waals surface area contributed by atoms with Gasteiger partial charge in [0.2, 0.25) is 0 Å². The standard InChI is InChI=1S/C13H18ClN/c1-10(12-5-6-12)8-15-9-11-3-2-4-13(14)7-11/h2-4,7,10,12,15H,5-6,8-9H2,1H3. The van der Waals surface area contributed by atoms with Crippen LogP contribution in [0, 0.1) is 11.8 Å². The van der Waals surface area contributed by atoms with Gasteiger partial charge in [0, 0.05) is 11.6 Å². The molecule has 15 heavy (non-hydrogen) atoms. The Morgan fingerprint density at radius 1 is 1.47 bits per heavy atom. The summed E-state index contributed by atoms with van der Waals surface area (Å²) in [7, 11) is 0. The van der Waals surface area contributed by atoms with Gasteiger partial charge < -0.3 is 5.32 Å². The lowest BCUT2D eigenvalue weighted by Gasteiger charge is -2.11. The molecule has 0 radical (unpaired) electrons. The van der Waals surface area contributed by atoms with E-state index in [1.807, 2.05) is 18.2 Å². The van der Waals surface area contributed by atoms with E-state index in [9.17, 15) is 0 Å². The van der Waals surface area contributed by atoms with Crippen LogP contribution in [0.25, 0.3) is 0 Å². The lowest BCUT2D eigenvalue weighted by Crippen LogP contribution is -2.21. The Kier molecular flexibility index (Phi) is 3.66. The Bertz CT molecular complexity index is 320. The van der Waals surface area contributed by atoms with Crippen molar-refractivity contribution in [2.45, 2.75) is 26.3 Å². The zero-order valence-corrected chi connectivity index (χ0v) is 9.93. The lowest BCUT2D eigenvalue weighted by molar-refractivity contribution is 0.461. The molecule has 0 bridgehead atoms. The first-order valence-corrected chi connectivity index (χ1v) is 6.08. The van der Waals surface area contributed by atoms with Gasteiger partial charge in [-0.2, -0.15) is 0 Å². The summed E-state index contributed by atoms with van der Waals surface area (Å²) >= 11 is 5.92. The first-order valence-electron chi connectivity index (χ1n) is 5.71. The largest absolute Gasteiger partial charge is 0.312 e. The van der Waals surface area contributed by atoms with Crippen molar-refractivity contribution < 1.29 is 0 Å². The SMILES string of the molecule is CC(CNCc1cccc(Cl)c1)C1CC1. The smallest absolute Gasteiger partial charge is 0.0409 e. The molecule has 1 saturated carbocycles. The third-order valence-corrected chi connectivity index (χ3v) is 3.35. The molecule has 1 unspecified atom stereocenters. The molecule has 1 aliphatic carbocycles. The van der Waals surface area contributed by atoms with Crippen molar-refractivity contribution in [1.29, 1.82) is 0 Å². The molecular weight excluding hydrogens is 206 g/mol. The van der Waals surface area contributed by atoms with Gasteiger partial charge >= 0.3 is 0 Å². The van der Waals surface area contributed by atoms with E-state index in [0.29, 0.717) is 0 Å². The van der Waals surface area contributed by atoms with Gasteiger partial charge in [0.25, 0.3) is 0 Å². The molecule has 0 spiro atoms. The summed E-state index contributed by atoms with van der Waals surface area (Å²) in [6.45, 7) is 4.39. The second-order valence-electron chi connectivity index (χ2n) is 4.58. The number of rotatable bonds is 5. The molecule has 1 N–H and O–H groups in total. The van der Waals surface area contributed by atoms with Crippen LogP contribution in [-0.2, 0) is 6.54 Å². The van der Waals surface area contributed by atoms with E-state index in [1.165, 1.54) is 18.4 Å². The Morgan fingerprint density at radius 2 is 2.27 bits per heavy atom. The fourth-order valence-electron chi connectivity index (χ4n) is 1.92. The molecular formula is C13H18ClN. The van der Waals surface area contributed by atoms with Crippen LogP contribution in [-0.4, -0.2) is 6.54 Å². The molecule has 1 atom stereocenters. The topological polar surface area (TPSA) is 12.0 Å². The molecule has 0 heterocycles. The van der Waals surface area contributed by atoms with E-state index < -0.39 is 0 Å². The molecule has 1 aromatic rings. The summed E-state index contributed by atoms with van der Waals surface area (Å²) in [5.41, 5.74) is 1.27. The summed E-state index contributed by atoms with van der Waals surface area (Å²) in [6.07, 6.45) is 2.86. The second kappa shape index (κ2) is 5.00. The summed E-state index contributed by atoms with van der Waals surface area (Å²) in [6, 6.07) is 8.05. The van der Waals surface area contributed by atoms with Crippen molar-refractivity contribution in [2.75, 3.05) is 6.54 Å². The van der Waals surface area contributed by atoms with Gasteiger partial charge in [-0.1, -0.05) is 30.7 Å². The van der Waals surface area contributed by atoms with Crippen molar-refractivity contribution >= 4 is 11.6 Å². The highest BCUT2D eigenvalue weighted by Gasteiger charge is 2.27. The second-order valence-corrected chi connectivity index (χ2v) is 5.01. The van der Waals surface area contributed by atoms with Gasteiger partial charge in [0.05, 0.1) is 0 Å². The highest BCUT2D eigenvalue weighted by molar-refractivity contribution is 6.30. The summed E-state index contributed by atoms with van der Waals surface area (Å²) < 4.78 is 0. The minimum atomic E-state index is 0.823. The van der Waals surface area contributed by atoms with Crippen molar-refractivity contribution in [2.24, 2.45) is 11.8 Å². The van der Waals surface area contributed by atoms with Gasteiger partial charge in [-0.05, 0) is 48.9 Å². The first-order chi connectivity index (χ1) is 7.25. The van der Waals surface area contributed by atoms with Crippen LogP contribution in [0.5, 0.6) is 0 Å². The molecule has 2 rings (SSSR count). The lowest BCUT2D eigenvalue weighted by atomic mass is 10.1. The summed E-state index contributed by atoms with van der Waals surface area (Å²) in [5.74, 6) is 1.81. The number of hydrogen-bond donors (Lipinski definition) is 1. The predicted molar refractivity (Wildman–Crippen MR) is 65.0 cm³/mol. The average Bonchev–Trinajstić information content (AvgIpc) is 3.00. The Balaban J connectivity index is 1.73. The molecule has 82 valence electrons. The molecule has 0 amide bonds. The monoisotopic (exact) mass is 223 g/mol. The van der Waals surface area contributed by atoms with E-state index in [0.717, 1.165) is 29.9 Å². The third-order valence-electron chi connectivity index (χ3n) is 3.11. The molecule has 1 nitrogen and oxygen atoms in total. The van der Waals surface area contributed by atoms with Crippen LogP contribution in [0.2, 0.25) is 5.02 Å². The van der Waals surface area contributed by atoms with Crippen molar-refractivity contribution in [3.05, 3.63) is 34.9 Å². The van der Waals surface area contributed by atoms with Crippen molar-refractivity contribution in [3.8, 4) is 0 Å². The maximum Gasteiger partial charge on any atom is 0.0409 e. The minimum Gasteiger partial charge on any atom is -0.312 e. The number of benzene rings is 1. The molecule has 1 aromatic carbocycles. The maximum absolute atomic E-state index is 5.92. The Hall–Kier alpha value is -0.530. The van der Waals surface area contributed by atoms with Crippen LogP contribution >= 0.6 is 11.6 Å². The van der Waals surface area contributed by atoms with Crippen LogP contribution in [0.1, 0.15) is 25.3 Å². The highest BCUT2D eigenvalue weighted by Crippen LogP contribution is 2.36. The van der Waals surface area contributed by atoms with Crippen LogP contribution in [0.3, 0.4) is 0 Å². The fraction of sp³-hybridized carbons (Fsp3) is 0.538. The summed E-state index contributed by atoms with van der Waals surface area (Å²) in [5, 5.41) is 4.32. The Labute approximate surface area is 96.8 Å². The van der Waals surface area contributed by atoms with E-state index in [4.69, 9.17) is 11.6 Å². The van der Waals surface area contributed by atoms with Crippen LogP contribution < -0.4 is 5.32 Å². The van der Waals surface area contributed by atoms with Gasteiger partial charge in [-0.25, -0.2) is 0 Å². The number of halogens is 1. The van der Waals surface area contributed by atoms with E-state index in [2.05, 4.69) is 18.3 Å². The molecule has 2 heteroatoms. The fourth-order valence-corrected chi connectivity index (χ4v) is 2.14. The number of nitrogens with one attached hydrogen (secondary N) is 1. The zero-order chi connectivity index (χ0) is 10.7. The summed E-state index contributed by atoms with van der Waals surface area (Å²) in [4.78, 5) is 0. The average molecular weight is 224 g/mol. The molecule has 1 fully saturated rings. The van der Waals surface area contributed by atoms with Gasteiger partial charge in [0.1, 0.15) is 0 Å². The van der Waals surface area contributed by atoms with E-state index in [1.54, 1.807) is 0 Å². The quantitative estimate of drug-likeness (QED) is 0.806. The molecule has 1 aliphatic rings. The normalized spacial score (nSPS) is 17.7. The van der Waals surface area contributed by atoms with Crippen LogP contribution in [0.4, 0.5) is 0 Å². The van der Waals surface area contributed by atoms with Gasteiger partial charge in [-0.15, -0.1) is 0 Å².